The maximum Gasteiger partial charge on any atom is 0.224 e. The molecule has 0 unspecified atom stereocenters. The molecule has 0 bridgehead atoms. The van der Waals surface area contributed by atoms with Gasteiger partial charge in [-0.2, -0.15) is 5.10 Å². The predicted molar refractivity (Wildman–Crippen MR) is 97.9 cm³/mol. The van der Waals surface area contributed by atoms with E-state index in [0.717, 1.165) is 16.9 Å². The number of ether oxygens (including phenoxy) is 2. The predicted octanol–water partition coefficient (Wildman–Crippen LogP) is 2.86. The Morgan fingerprint density at radius 3 is 2.35 bits per heavy atom. The fourth-order valence-electron chi connectivity index (χ4n) is 2.53. The zero-order valence-corrected chi connectivity index (χ0v) is 14.7. The van der Waals surface area contributed by atoms with Crippen LogP contribution in [0.25, 0.3) is 5.69 Å². The van der Waals surface area contributed by atoms with E-state index in [0.29, 0.717) is 24.3 Å². The highest BCUT2D eigenvalue weighted by atomic mass is 16.5. The van der Waals surface area contributed by atoms with Crippen LogP contribution < -0.4 is 14.8 Å². The fraction of sp³-hybridized carbons (Fsp3) is 0.211. The van der Waals surface area contributed by atoms with E-state index in [4.69, 9.17) is 9.47 Å². The molecule has 0 radical (unpaired) electrons. The first-order chi connectivity index (χ1) is 12.7. The van der Waals surface area contributed by atoms with Gasteiger partial charge in [-0.3, -0.25) is 4.79 Å². The molecule has 2 aromatic carbocycles. The van der Waals surface area contributed by atoms with E-state index in [-0.39, 0.29) is 5.91 Å². The number of amides is 1. The van der Waals surface area contributed by atoms with Gasteiger partial charge in [0, 0.05) is 18.2 Å². The summed E-state index contributed by atoms with van der Waals surface area (Å²) in [7, 11) is 3.21. The molecule has 7 heteroatoms. The van der Waals surface area contributed by atoms with Crippen molar-refractivity contribution in [3.05, 3.63) is 60.7 Å². The highest BCUT2D eigenvalue weighted by Gasteiger charge is 2.07. The number of rotatable bonds is 7. The van der Waals surface area contributed by atoms with Crippen molar-refractivity contribution in [3.63, 3.8) is 0 Å². The Morgan fingerprint density at radius 1 is 1.08 bits per heavy atom. The van der Waals surface area contributed by atoms with E-state index in [1.54, 1.807) is 31.3 Å². The highest BCUT2D eigenvalue weighted by molar-refractivity contribution is 5.90. The molecular weight excluding hydrogens is 332 g/mol. The number of carbonyl (C=O) groups is 1. The molecule has 26 heavy (non-hydrogen) atoms. The van der Waals surface area contributed by atoms with Gasteiger partial charge in [0.05, 0.1) is 19.9 Å². The summed E-state index contributed by atoms with van der Waals surface area (Å²) < 4.78 is 12.2. The molecular formula is C19H20N4O3. The minimum atomic E-state index is -0.0553. The van der Waals surface area contributed by atoms with Crippen LogP contribution in [0.15, 0.2) is 55.1 Å². The van der Waals surface area contributed by atoms with Crippen LogP contribution in [0.3, 0.4) is 0 Å². The van der Waals surface area contributed by atoms with Gasteiger partial charge in [-0.05, 0) is 48.4 Å². The van der Waals surface area contributed by atoms with Crippen LogP contribution in [0.1, 0.15) is 12.0 Å². The lowest BCUT2D eigenvalue weighted by Crippen LogP contribution is -2.12. The minimum absolute atomic E-state index is 0.0553. The average Bonchev–Trinajstić information content (AvgIpc) is 3.21. The number of methoxy groups -OCH3 is 2. The maximum atomic E-state index is 12.2. The lowest BCUT2D eigenvalue weighted by Gasteiger charge is -2.09. The van der Waals surface area contributed by atoms with Gasteiger partial charge in [0.2, 0.25) is 5.91 Å². The van der Waals surface area contributed by atoms with Crippen molar-refractivity contribution in [2.45, 2.75) is 12.8 Å². The summed E-state index contributed by atoms with van der Waals surface area (Å²) in [5.41, 5.74) is 2.60. The number of nitrogens with one attached hydrogen (secondary N) is 1. The van der Waals surface area contributed by atoms with Crippen molar-refractivity contribution >= 4 is 11.6 Å². The zero-order chi connectivity index (χ0) is 18.4. The van der Waals surface area contributed by atoms with Crippen LogP contribution >= 0.6 is 0 Å². The molecule has 134 valence electrons. The van der Waals surface area contributed by atoms with Crippen LogP contribution in [0.4, 0.5) is 5.69 Å². The van der Waals surface area contributed by atoms with Crippen molar-refractivity contribution in [3.8, 4) is 17.2 Å². The Bertz CT molecular complexity index is 839. The largest absolute Gasteiger partial charge is 0.497 e. The summed E-state index contributed by atoms with van der Waals surface area (Å²) in [5.74, 6) is 1.37. The molecule has 3 aromatic rings. The Labute approximate surface area is 151 Å². The van der Waals surface area contributed by atoms with E-state index in [1.165, 1.54) is 6.33 Å². The number of hydrogen-bond donors (Lipinski definition) is 1. The molecule has 7 nitrogen and oxygen atoms in total. The van der Waals surface area contributed by atoms with Gasteiger partial charge in [0.25, 0.3) is 0 Å². The average molecular weight is 352 g/mol. The lowest BCUT2D eigenvalue weighted by molar-refractivity contribution is -0.116. The number of nitrogens with zero attached hydrogens (tertiary/aromatic N) is 3. The Kier molecular flexibility index (Phi) is 5.48. The minimum Gasteiger partial charge on any atom is -0.497 e. The van der Waals surface area contributed by atoms with E-state index < -0.39 is 0 Å². The lowest BCUT2D eigenvalue weighted by atomic mass is 10.1. The molecule has 1 heterocycles. The molecule has 0 atom stereocenters. The van der Waals surface area contributed by atoms with Crippen LogP contribution in [-0.2, 0) is 11.2 Å². The number of anilines is 1. The molecule has 0 saturated carbocycles. The number of benzene rings is 2. The van der Waals surface area contributed by atoms with E-state index in [9.17, 15) is 4.79 Å². The van der Waals surface area contributed by atoms with Crippen molar-refractivity contribution in [2.75, 3.05) is 19.5 Å². The Hall–Kier alpha value is -3.35. The van der Waals surface area contributed by atoms with Crippen LogP contribution in [0.5, 0.6) is 11.5 Å². The monoisotopic (exact) mass is 352 g/mol. The van der Waals surface area contributed by atoms with Gasteiger partial charge < -0.3 is 14.8 Å². The number of aryl methyl sites for hydroxylation is 1. The summed E-state index contributed by atoms with van der Waals surface area (Å²) in [4.78, 5) is 16.1. The first-order valence-electron chi connectivity index (χ1n) is 8.15. The normalized spacial score (nSPS) is 10.4. The van der Waals surface area contributed by atoms with Gasteiger partial charge in [0.1, 0.15) is 24.2 Å². The molecule has 1 aromatic heterocycles. The van der Waals surface area contributed by atoms with Crippen molar-refractivity contribution < 1.29 is 14.3 Å². The second-order valence-corrected chi connectivity index (χ2v) is 5.66. The summed E-state index contributed by atoms with van der Waals surface area (Å²) in [5, 5.41) is 6.96. The van der Waals surface area contributed by atoms with Gasteiger partial charge in [-0.1, -0.05) is 0 Å². The number of carbonyl (C=O) groups excluding carboxylic acids is 1. The van der Waals surface area contributed by atoms with Crippen LogP contribution in [-0.4, -0.2) is 34.9 Å². The first kappa shape index (κ1) is 17.5. The standard InChI is InChI=1S/C19H20N4O3/c1-25-17-9-14(10-18(11-17)26-2)3-8-19(24)22-15-4-6-16(7-5-15)23-13-20-12-21-23/h4-7,9-13H,3,8H2,1-2H3,(H,22,24). The summed E-state index contributed by atoms with van der Waals surface area (Å²) in [6.07, 6.45) is 4.05. The van der Waals surface area contributed by atoms with Gasteiger partial charge in [-0.25, -0.2) is 9.67 Å². The second-order valence-electron chi connectivity index (χ2n) is 5.66. The third-order valence-electron chi connectivity index (χ3n) is 3.89. The fourth-order valence-corrected chi connectivity index (χ4v) is 2.53. The smallest absolute Gasteiger partial charge is 0.224 e. The number of hydrogen-bond acceptors (Lipinski definition) is 5. The third kappa shape index (κ3) is 4.38. The summed E-state index contributed by atoms with van der Waals surface area (Å²) in [6, 6.07) is 13.0. The topological polar surface area (TPSA) is 78.3 Å². The molecule has 1 amide bonds. The van der Waals surface area contributed by atoms with Gasteiger partial charge in [0.15, 0.2) is 0 Å². The molecule has 1 N–H and O–H groups in total. The molecule has 0 aliphatic heterocycles. The van der Waals surface area contributed by atoms with Crippen molar-refractivity contribution in [1.29, 1.82) is 0 Å². The Balaban J connectivity index is 1.57. The summed E-state index contributed by atoms with van der Waals surface area (Å²) in [6.45, 7) is 0. The maximum absolute atomic E-state index is 12.2. The molecule has 3 rings (SSSR count). The molecule has 0 spiro atoms. The van der Waals surface area contributed by atoms with Crippen molar-refractivity contribution in [1.82, 2.24) is 14.8 Å². The van der Waals surface area contributed by atoms with Gasteiger partial charge in [-0.15, -0.1) is 0 Å². The highest BCUT2D eigenvalue weighted by Crippen LogP contribution is 2.23. The quantitative estimate of drug-likeness (QED) is 0.707. The second kappa shape index (κ2) is 8.15. The van der Waals surface area contributed by atoms with E-state index >= 15 is 0 Å². The van der Waals surface area contributed by atoms with Gasteiger partial charge >= 0.3 is 0 Å². The Morgan fingerprint density at radius 2 is 1.77 bits per heavy atom. The third-order valence-corrected chi connectivity index (χ3v) is 3.89. The SMILES string of the molecule is COc1cc(CCC(=O)Nc2ccc(-n3cncn3)cc2)cc(OC)c1. The first-order valence-corrected chi connectivity index (χ1v) is 8.15. The zero-order valence-electron chi connectivity index (χ0n) is 14.7. The molecule has 0 aliphatic rings. The molecule has 0 fully saturated rings. The number of aromatic nitrogens is 3. The van der Waals surface area contributed by atoms with Crippen LogP contribution in [0.2, 0.25) is 0 Å². The van der Waals surface area contributed by atoms with E-state index in [2.05, 4.69) is 15.4 Å². The van der Waals surface area contributed by atoms with Crippen molar-refractivity contribution in [2.24, 2.45) is 0 Å². The molecule has 0 aliphatic carbocycles. The van der Waals surface area contributed by atoms with E-state index in [1.807, 2.05) is 36.4 Å². The summed E-state index contributed by atoms with van der Waals surface area (Å²) >= 11 is 0. The molecule has 0 saturated heterocycles. The van der Waals surface area contributed by atoms with Crippen LogP contribution in [0, 0.1) is 0 Å².